The first-order valence-electron chi connectivity index (χ1n) is 12.2. The third kappa shape index (κ3) is 4.30. The van der Waals surface area contributed by atoms with Crippen molar-refractivity contribution in [3.63, 3.8) is 0 Å². The molecular formula is C26H31N3O7. The van der Waals surface area contributed by atoms with E-state index in [0.717, 1.165) is 23.7 Å². The largest absolute Gasteiger partial charge is 0.477 e. The van der Waals surface area contributed by atoms with E-state index in [4.69, 9.17) is 18.9 Å². The number of rotatable bonds is 9. The van der Waals surface area contributed by atoms with E-state index in [0.29, 0.717) is 38.8 Å². The lowest BCUT2D eigenvalue weighted by Gasteiger charge is -2.35. The molecular weight excluding hydrogens is 466 g/mol. The molecule has 1 saturated carbocycles. The van der Waals surface area contributed by atoms with Crippen LogP contribution >= 0.6 is 0 Å². The lowest BCUT2D eigenvalue weighted by atomic mass is 9.83. The van der Waals surface area contributed by atoms with Gasteiger partial charge in [-0.15, -0.1) is 5.10 Å². The summed E-state index contributed by atoms with van der Waals surface area (Å²) >= 11 is 0. The van der Waals surface area contributed by atoms with Gasteiger partial charge in [0.1, 0.15) is 11.2 Å². The maximum Gasteiger partial charge on any atom is 0.352 e. The molecule has 192 valence electrons. The van der Waals surface area contributed by atoms with E-state index >= 15 is 0 Å². The van der Waals surface area contributed by atoms with E-state index in [1.165, 1.54) is 5.56 Å². The molecule has 0 spiro atoms. The fourth-order valence-corrected chi connectivity index (χ4v) is 5.58. The minimum atomic E-state index is -1.05. The van der Waals surface area contributed by atoms with Crippen LogP contribution in [0, 0.1) is 5.92 Å². The number of nitrogens with zero attached hydrogens (tertiary/aromatic N) is 2. The summed E-state index contributed by atoms with van der Waals surface area (Å²) in [4.78, 5) is 23.6. The molecule has 10 nitrogen and oxygen atoms in total. The van der Waals surface area contributed by atoms with Crippen molar-refractivity contribution in [2.24, 2.45) is 11.0 Å². The summed E-state index contributed by atoms with van der Waals surface area (Å²) in [6, 6.07) is 7.83. The number of benzene rings is 1. The standard InChI is InChI=1S/C26H31N3O7/c1-25(2)12-17(6-7-35-25)16-4-5-20-18(10-16)11-21(23(31)32)29(20)26(24-28-27-22(14-30)36-24)13-19(26)15-34-9-8-33-3/h4-5,10-11,17,19,27H,6-9,12-13,15H2,1-3H3,(H,31,32)/t17-,19+,26-/m0/s1. The van der Waals surface area contributed by atoms with Crippen molar-refractivity contribution in [2.45, 2.75) is 50.2 Å². The van der Waals surface area contributed by atoms with Crippen molar-refractivity contribution in [2.75, 3.05) is 33.5 Å². The number of aromatic carboxylic acids is 1. The lowest BCUT2D eigenvalue weighted by Crippen LogP contribution is -2.34. The van der Waals surface area contributed by atoms with Crippen molar-refractivity contribution in [1.82, 2.24) is 9.99 Å². The number of fused-ring (bicyclic) bond motifs is 1. The number of methoxy groups -OCH3 is 1. The van der Waals surface area contributed by atoms with Crippen LogP contribution in [0.3, 0.4) is 0 Å². The molecule has 3 heterocycles. The van der Waals surface area contributed by atoms with Gasteiger partial charge in [-0.1, -0.05) is 6.07 Å². The van der Waals surface area contributed by atoms with E-state index in [9.17, 15) is 14.7 Å². The second-order valence-electron chi connectivity index (χ2n) is 10.2. The molecule has 36 heavy (non-hydrogen) atoms. The zero-order valence-corrected chi connectivity index (χ0v) is 20.7. The summed E-state index contributed by atoms with van der Waals surface area (Å²) in [6.07, 6.45) is 2.36. The van der Waals surface area contributed by atoms with Crippen LogP contribution in [0.4, 0.5) is 0 Å². The summed E-state index contributed by atoms with van der Waals surface area (Å²) in [5.41, 5.74) is 3.50. The van der Waals surface area contributed by atoms with Gasteiger partial charge in [0.05, 0.1) is 25.4 Å². The summed E-state index contributed by atoms with van der Waals surface area (Å²) in [5, 5.41) is 15.2. The zero-order chi connectivity index (χ0) is 25.5. The Balaban J connectivity index is 1.55. The number of carboxylic acids is 1. The van der Waals surface area contributed by atoms with Crippen LogP contribution in [-0.2, 0) is 29.3 Å². The predicted molar refractivity (Wildman–Crippen MR) is 131 cm³/mol. The van der Waals surface area contributed by atoms with Crippen LogP contribution in [0.1, 0.15) is 55.1 Å². The molecule has 2 N–H and O–H groups in total. The monoisotopic (exact) mass is 497 g/mol. The van der Waals surface area contributed by atoms with Gasteiger partial charge in [-0.3, -0.25) is 0 Å². The van der Waals surface area contributed by atoms with Gasteiger partial charge in [0, 0.05) is 30.5 Å². The number of hydrogen-bond donors (Lipinski definition) is 2. The Labute approximate surface area is 208 Å². The maximum absolute atomic E-state index is 12.4. The van der Waals surface area contributed by atoms with E-state index in [1.807, 2.05) is 6.07 Å². The van der Waals surface area contributed by atoms with Gasteiger partial charge in [-0.05, 0) is 62.8 Å². The Bertz CT molecular complexity index is 1260. The minimum Gasteiger partial charge on any atom is -0.477 e. The number of aromatic nitrogens is 1. The number of hydrogen-bond acceptors (Lipinski definition) is 8. The molecule has 1 saturated heterocycles. The molecule has 3 aliphatic rings. The molecule has 1 aromatic heterocycles. The number of nitrogens with one attached hydrogen (secondary N) is 1. The van der Waals surface area contributed by atoms with Crippen molar-refractivity contribution in [3.8, 4) is 0 Å². The Hall–Kier alpha value is -3.17. The molecule has 1 aromatic carbocycles. The number of carboxylic acid groups (broad SMARTS) is 1. The molecule has 5 rings (SSSR count). The van der Waals surface area contributed by atoms with Crippen LogP contribution in [0.2, 0.25) is 0 Å². The second-order valence-corrected chi connectivity index (χ2v) is 10.2. The first-order valence-corrected chi connectivity index (χ1v) is 12.2. The summed E-state index contributed by atoms with van der Waals surface area (Å²) in [6.45, 7) is 6.12. The molecule has 2 aliphatic heterocycles. The highest BCUT2D eigenvalue weighted by atomic mass is 16.5. The molecule has 0 bridgehead atoms. The van der Waals surface area contributed by atoms with Gasteiger partial charge in [0.25, 0.3) is 0 Å². The van der Waals surface area contributed by atoms with Gasteiger partial charge >= 0.3 is 11.9 Å². The normalized spacial score (nSPS) is 26.8. The highest BCUT2D eigenvalue weighted by molar-refractivity contribution is 5.99. The quantitative estimate of drug-likeness (QED) is 0.401. The summed E-state index contributed by atoms with van der Waals surface area (Å²) in [5.74, 6) is 0.935. The highest BCUT2D eigenvalue weighted by Gasteiger charge is 2.64. The molecule has 0 radical (unpaired) electrons. The van der Waals surface area contributed by atoms with E-state index < -0.39 is 11.5 Å². The Kier molecular flexibility index (Phi) is 6.38. The number of carbonyl (C=O) groups is 1. The van der Waals surface area contributed by atoms with Gasteiger partial charge in [-0.25, -0.2) is 15.0 Å². The molecule has 0 unspecified atom stereocenters. The van der Waals surface area contributed by atoms with E-state index in [2.05, 4.69) is 36.5 Å². The van der Waals surface area contributed by atoms with Crippen molar-refractivity contribution < 1.29 is 33.6 Å². The van der Waals surface area contributed by atoms with Crippen molar-refractivity contribution in [3.05, 3.63) is 41.4 Å². The maximum atomic E-state index is 12.4. The molecule has 0 amide bonds. The summed E-state index contributed by atoms with van der Waals surface area (Å²) in [7, 11) is 1.60. The Morgan fingerprint density at radius 1 is 1.31 bits per heavy atom. The third-order valence-electron chi connectivity index (χ3n) is 7.36. The smallest absolute Gasteiger partial charge is 0.352 e. The van der Waals surface area contributed by atoms with Crippen LogP contribution in [0.15, 0.2) is 35.2 Å². The molecule has 10 heteroatoms. The topological polar surface area (TPSA) is 121 Å². The predicted octanol–water partition coefficient (Wildman–Crippen LogP) is 3.00. The zero-order valence-electron chi connectivity index (χ0n) is 20.7. The average Bonchev–Trinajstić information content (AvgIpc) is 3.19. The first-order chi connectivity index (χ1) is 17.3. The van der Waals surface area contributed by atoms with Crippen LogP contribution < -0.4 is 5.43 Å². The second kappa shape index (κ2) is 9.37. The fourth-order valence-electron chi connectivity index (χ4n) is 5.58. The van der Waals surface area contributed by atoms with Gasteiger partial charge in [-0.2, -0.15) is 0 Å². The number of carbonyl (C=O) groups excluding carboxylic acids is 1. The molecule has 2 aromatic rings. The average molecular weight is 498 g/mol. The fraction of sp³-hybridized carbons (Fsp3) is 0.538. The third-order valence-corrected chi connectivity index (χ3v) is 7.36. The summed E-state index contributed by atoms with van der Waals surface area (Å²) < 4.78 is 24.2. The molecule has 2 fully saturated rings. The molecule has 3 atom stereocenters. The minimum absolute atomic E-state index is 0.106. The van der Waals surface area contributed by atoms with Gasteiger partial charge < -0.3 is 28.6 Å². The number of hydrazone groups is 1. The Morgan fingerprint density at radius 2 is 2.14 bits per heavy atom. The lowest BCUT2D eigenvalue weighted by molar-refractivity contribution is -0.0592. The van der Waals surface area contributed by atoms with E-state index in [-0.39, 0.29) is 29.0 Å². The van der Waals surface area contributed by atoms with Gasteiger partial charge in [0.15, 0.2) is 5.94 Å². The molecule has 1 aliphatic carbocycles. The van der Waals surface area contributed by atoms with Crippen molar-refractivity contribution in [1.29, 1.82) is 0 Å². The number of ether oxygens (including phenoxy) is 4. The van der Waals surface area contributed by atoms with Crippen LogP contribution in [-0.4, -0.2) is 66.6 Å². The van der Waals surface area contributed by atoms with Gasteiger partial charge in [0.2, 0.25) is 5.90 Å². The Morgan fingerprint density at radius 3 is 2.83 bits per heavy atom. The van der Waals surface area contributed by atoms with Crippen LogP contribution in [0.25, 0.3) is 10.9 Å². The SMILES string of the molecule is COCCOC[C@H]1C[C@]1(C1=NNC(=C=O)O1)n1c(C(=O)O)cc2cc([C@H]3CCOC(C)(C)C3)ccc21. The van der Waals surface area contributed by atoms with Crippen LogP contribution in [0.5, 0.6) is 0 Å². The van der Waals surface area contributed by atoms with Crippen molar-refractivity contribution >= 4 is 28.7 Å². The first kappa shape index (κ1) is 24.5. The van der Waals surface area contributed by atoms with E-state index in [1.54, 1.807) is 23.7 Å². The highest BCUT2D eigenvalue weighted by Crippen LogP contribution is 2.55.